The lowest BCUT2D eigenvalue weighted by atomic mass is 9.96. The summed E-state index contributed by atoms with van der Waals surface area (Å²) in [6.45, 7) is 6.29. The van der Waals surface area contributed by atoms with Crippen molar-refractivity contribution in [2.24, 2.45) is 5.92 Å². The lowest BCUT2D eigenvalue weighted by Gasteiger charge is -2.22. The van der Waals surface area contributed by atoms with Crippen LogP contribution in [0, 0.1) is 5.92 Å². The average Bonchev–Trinajstić information content (AvgIpc) is 2.61. The van der Waals surface area contributed by atoms with E-state index in [-0.39, 0.29) is 29.8 Å². The minimum Gasteiger partial charge on any atom is -0.352 e. The zero-order valence-electron chi connectivity index (χ0n) is 14.2. The highest BCUT2D eigenvalue weighted by Gasteiger charge is 2.16. The molecule has 25 heavy (non-hydrogen) atoms. The zero-order valence-corrected chi connectivity index (χ0v) is 15.8. The number of benzene rings is 1. The highest BCUT2D eigenvalue weighted by molar-refractivity contribution is 7.89. The Morgan fingerprint density at radius 3 is 2.88 bits per heavy atom. The molecule has 1 aromatic rings. The number of nitrogens with one attached hydrogen (secondary N) is 3. The number of carbonyl (C=O) groups excluding carboxylic acids is 1. The van der Waals surface area contributed by atoms with Crippen LogP contribution < -0.4 is 15.4 Å². The number of amides is 1. The summed E-state index contributed by atoms with van der Waals surface area (Å²) in [6.07, 6.45) is 4.76. The van der Waals surface area contributed by atoms with Gasteiger partial charge in [0.15, 0.2) is 0 Å². The van der Waals surface area contributed by atoms with E-state index < -0.39 is 10.0 Å². The first-order chi connectivity index (χ1) is 11.5. The third-order valence-corrected chi connectivity index (χ3v) is 5.48. The minimum atomic E-state index is -3.63. The lowest BCUT2D eigenvalue weighted by molar-refractivity contribution is 0.0950. The third kappa shape index (κ3) is 6.78. The Kier molecular flexibility index (Phi) is 9.13. The largest absolute Gasteiger partial charge is 0.352 e. The van der Waals surface area contributed by atoms with Gasteiger partial charge in [0, 0.05) is 18.7 Å². The van der Waals surface area contributed by atoms with E-state index in [0.29, 0.717) is 18.0 Å². The molecular weight excluding hydrogens is 362 g/mol. The zero-order chi connectivity index (χ0) is 17.4. The van der Waals surface area contributed by atoms with Crippen LogP contribution in [-0.2, 0) is 10.0 Å². The van der Waals surface area contributed by atoms with Gasteiger partial charge in [0.25, 0.3) is 5.91 Å². The average molecular weight is 388 g/mol. The SMILES string of the molecule is C=CCNS(=O)(=O)c1cccc(C(=O)NCCC2CCCNC2)c1.Cl. The van der Waals surface area contributed by atoms with Crippen LogP contribution in [0.25, 0.3) is 0 Å². The normalized spacial score (nSPS) is 17.4. The van der Waals surface area contributed by atoms with Gasteiger partial charge in [0.05, 0.1) is 4.90 Å². The van der Waals surface area contributed by atoms with Gasteiger partial charge in [-0.3, -0.25) is 4.79 Å². The number of carbonyl (C=O) groups is 1. The number of rotatable bonds is 8. The van der Waals surface area contributed by atoms with E-state index in [0.717, 1.165) is 19.5 Å². The van der Waals surface area contributed by atoms with Gasteiger partial charge in [0.2, 0.25) is 10.0 Å². The molecule has 2 rings (SSSR count). The summed E-state index contributed by atoms with van der Waals surface area (Å²) in [6, 6.07) is 6.05. The maximum absolute atomic E-state index is 12.2. The van der Waals surface area contributed by atoms with Crippen molar-refractivity contribution in [2.75, 3.05) is 26.2 Å². The molecule has 0 radical (unpaired) electrons. The molecular formula is C17H26ClN3O3S. The Labute approximate surface area is 155 Å². The molecule has 1 atom stereocenters. The summed E-state index contributed by atoms with van der Waals surface area (Å²) in [4.78, 5) is 12.3. The van der Waals surface area contributed by atoms with Crippen LogP contribution in [0.1, 0.15) is 29.6 Å². The Bertz CT molecular complexity index is 673. The van der Waals surface area contributed by atoms with Gasteiger partial charge in [-0.2, -0.15) is 0 Å². The lowest BCUT2D eigenvalue weighted by Crippen LogP contribution is -2.33. The fraction of sp³-hybridized carbons (Fsp3) is 0.471. The Morgan fingerprint density at radius 2 is 2.20 bits per heavy atom. The molecule has 1 fully saturated rings. The maximum atomic E-state index is 12.2. The third-order valence-electron chi connectivity index (χ3n) is 4.06. The highest BCUT2D eigenvalue weighted by Crippen LogP contribution is 2.14. The smallest absolute Gasteiger partial charge is 0.251 e. The quantitative estimate of drug-likeness (QED) is 0.592. The van der Waals surface area contributed by atoms with Crippen molar-refractivity contribution in [1.82, 2.24) is 15.4 Å². The predicted octanol–water partition coefficient (Wildman–Crippen LogP) is 1.69. The summed E-state index contributed by atoms with van der Waals surface area (Å²) in [7, 11) is -3.63. The van der Waals surface area contributed by atoms with Gasteiger partial charge in [0.1, 0.15) is 0 Å². The molecule has 140 valence electrons. The van der Waals surface area contributed by atoms with E-state index in [2.05, 4.69) is 21.9 Å². The molecule has 0 aromatic heterocycles. The summed E-state index contributed by atoms with van der Waals surface area (Å²) in [5, 5.41) is 6.22. The molecule has 6 nitrogen and oxygen atoms in total. The topological polar surface area (TPSA) is 87.3 Å². The van der Waals surface area contributed by atoms with E-state index >= 15 is 0 Å². The van der Waals surface area contributed by atoms with Gasteiger partial charge in [-0.15, -0.1) is 19.0 Å². The van der Waals surface area contributed by atoms with Crippen molar-refractivity contribution >= 4 is 28.3 Å². The van der Waals surface area contributed by atoms with Crippen LogP contribution in [0.3, 0.4) is 0 Å². The molecule has 0 spiro atoms. The van der Waals surface area contributed by atoms with E-state index in [9.17, 15) is 13.2 Å². The molecule has 1 aromatic carbocycles. The number of hydrogen-bond acceptors (Lipinski definition) is 4. The van der Waals surface area contributed by atoms with Crippen molar-refractivity contribution in [3.8, 4) is 0 Å². The molecule has 0 aliphatic carbocycles. The van der Waals surface area contributed by atoms with Gasteiger partial charge in [-0.25, -0.2) is 13.1 Å². The molecule has 1 amide bonds. The summed E-state index contributed by atoms with van der Waals surface area (Å²) < 4.78 is 26.6. The Morgan fingerprint density at radius 1 is 1.40 bits per heavy atom. The molecule has 1 heterocycles. The van der Waals surface area contributed by atoms with Crippen molar-refractivity contribution in [3.05, 3.63) is 42.5 Å². The molecule has 3 N–H and O–H groups in total. The van der Waals surface area contributed by atoms with Gasteiger partial charge < -0.3 is 10.6 Å². The number of sulfonamides is 1. The fourth-order valence-electron chi connectivity index (χ4n) is 2.72. The first-order valence-electron chi connectivity index (χ1n) is 8.22. The molecule has 1 unspecified atom stereocenters. The standard InChI is InChI=1S/C17H25N3O3S.ClH/c1-2-9-20-24(22,23)16-7-3-6-15(12-16)17(21)19-11-8-14-5-4-10-18-13-14;/h2-3,6-7,12,14,18,20H,1,4-5,8-11,13H2,(H,19,21);1H. The first kappa shape index (κ1) is 21.6. The highest BCUT2D eigenvalue weighted by atomic mass is 35.5. The molecule has 8 heteroatoms. The fourth-order valence-corrected chi connectivity index (χ4v) is 3.76. The Balaban J connectivity index is 0.00000312. The van der Waals surface area contributed by atoms with Crippen molar-refractivity contribution < 1.29 is 13.2 Å². The predicted molar refractivity (Wildman–Crippen MR) is 102 cm³/mol. The van der Waals surface area contributed by atoms with Crippen LogP contribution in [0.5, 0.6) is 0 Å². The number of hydrogen-bond donors (Lipinski definition) is 3. The minimum absolute atomic E-state index is 0. The van der Waals surface area contributed by atoms with E-state index in [1.165, 1.54) is 31.1 Å². The van der Waals surface area contributed by atoms with Gasteiger partial charge in [-0.05, 0) is 56.5 Å². The first-order valence-corrected chi connectivity index (χ1v) is 9.71. The van der Waals surface area contributed by atoms with E-state index in [1.54, 1.807) is 12.1 Å². The van der Waals surface area contributed by atoms with Crippen LogP contribution in [0.15, 0.2) is 41.8 Å². The molecule has 1 saturated heterocycles. The van der Waals surface area contributed by atoms with E-state index in [1.807, 2.05) is 0 Å². The van der Waals surface area contributed by atoms with E-state index in [4.69, 9.17) is 0 Å². The van der Waals surface area contributed by atoms with Crippen LogP contribution in [0.2, 0.25) is 0 Å². The second-order valence-corrected chi connectivity index (χ2v) is 7.69. The summed E-state index contributed by atoms with van der Waals surface area (Å²) in [5.41, 5.74) is 0.346. The van der Waals surface area contributed by atoms with Crippen LogP contribution >= 0.6 is 12.4 Å². The summed E-state index contributed by atoms with van der Waals surface area (Å²) in [5.74, 6) is 0.341. The second-order valence-electron chi connectivity index (χ2n) is 5.93. The maximum Gasteiger partial charge on any atom is 0.251 e. The number of halogens is 1. The van der Waals surface area contributed by atoms with Crippen LogP contribution in [0.4, 0.5) is 0 Å². The molecule has 1 aliphatic rings. The van der Waals surface area contributed by atoms with Gasteiger partial charge >= 0.3 is 0 Å². The van der Waals surface area contributed by atoms with Crippen molar-refractivity contribution in [2.45, 2.75) is 24.2 Å². The van der Waals surface area contributed by atoms with Crippen molar-refractivity contribution in [3.63, 3.8) is 0 Å². The second kappa shape index (κ2) is 10.6. The molecule has 1 aliphatic heterocycles. The van der Waals surface area contributed by atoms with Crippen molar-refractivity contribution in [1.29, 1.82) is 0 Å². The summed E-state index contributed by atoms with van der Waals surface area (Å²) >= 11 is 0. The molecule has 0 saturated carbocycles. The Hall–Kier alpha value is -1.41. The van der Waals surface area contributed by atoms with Gasteiger partial charge in [-0.1, -0.05) is 12.1 Å². The monoisotopic (exact) mass is 387 g/mol. The molecule has 0 bridgehead atoms. The van der Waals surface area contributed by atoms with Crippen LogP contribution in [-0.4, -0.2) is 40.5 Å². The number of piperidine rings is 1.